The molecule has 1 saturated carbocycles. The third-order valence-electron chi connectivity index (χ3n) is 4.73. The molecule has 1 aliphatic carbocycles. The fraction of sp³-hybridized carbons (Fsp3) is 0.471. The van der Waals surface area contributed by atoms with Crippen molar-refractivity contribution in [2.45, 2.75) is 25.7 Å². The quantitative estimate of drug-likeness (QED) is 0.772. The molecule has 1 aromatic carbocycles. The first kappa shape index (κ1) is 16.3. The number of nitrogens with two attached hydrogens (primary N) is 2. The fourth-order valence-electron chi connectivity index (χ4n) is 3.22. The maximum Gasteiger partial charge on any atom is 0.225 e. The number of primary amides is 1. The highest BCUT2D eigenvalue weighted by atomic mass is 16.5. The zero-order valence-electron chi connectivity index (χ0n) is 13.8. The number of fused-ring (bicyclic) bond motifs is 1. The molecule has 2 aromatic rings. The van der Waals surface area contributed by atoms with E-state index in [1.165, 1.54) is 0 Å². The molecular weight excluding hydrogens is 306 g/mol. The van der Waals surface area contributed by atoms with E-state index in [-0.39, 0.29) is 11.8 Å². The van der Waals surface area contributed by atoms with E-state index in [1.807, 2.05) is 18.2 Å². The molecule has 1 aromatic heterocycles. The van der Waals surface area contributed by atoms with Gasteiger partial charge in [-0.1, -0.05) is 0 Å². The number of anilines is 2. The second-order valence-corrected chi connectivity index (χ2v) is 6.32. The summed E-state index contributed by atoms with van der Waals surface area (Å²) in [7, 11) is 1.61. The topological polar surface area (TPSA) is 116 Å². The lowest BCUT2D eigenvalue weighted by molar-refractivity contribution is -0.122. The maximum atomic E-state index is 11.2. The third-order valence-corrected chi connectivity index (χ3v) is 4.73. The van der Waals surface area contributed by atoms with E-state index in [1.54, 1.807) is 7.11 Å². The van der Waals surface area contributed by atoms with Crippen LogP contribution in [0, 0.1) is 11.8 Å². The van der Waals surface area contributed by atoms with Gasteiger partial charge in [-0.2, -0.15) is 4.98 Å². The summed E-state index contributed by atoms with van der Waals surface area (Å²) in [6.45, 7) is 0.770. The molecule has 0 spiro atoms. The highest BCUT2D eigenvalue weighted by molar-refractivity contribution is 5.90. The molecule has 5 N–H and O–H groups in total. The summed E-state index contributed by atoms with van der Waals surface area (Å²) < 4.78 is 5.20. The van der Waals surface area contributed by atoms with Crippen molar-refractivity contribution < 1.29 is 9.53 Å². The van der Waals surface area contributed by atoms with E-state index < -0.39 is 0 Å². The Labute approximate surface area is 140 Å². The molecule has 0 radical (unpaired) electrons. The monoisotopic (exact) mass is 329 g/mol. The number of benzene rings is 1. The standard InChI is InChI=1S/C17H23N5O2/c1-24-12-6-7-14-13(8-12)15(18)22-17(21-14)20-9-10-2-4-11(5-3-10)16(19)23/h6-8,10-11H,2-5,9H2,1H3,(H2,19,23)(H3,18,20,21,22). The van der Waals surface area contributed by atoms with Crippen molar-refractivity contribution in [3.05, 3.63) is 18.2 Å². The molecule has 0 atom stereocenters. The Kier molecular flexibility index (Phi) is 4.69. The van der Waals surface area contributed by atoms with Gasteiger partial charge in [0, 0.05) is 17.8 Å². The Morgan fingerprint density at radius 3 is 2.71 bits per heavy atom. The summed E-state index contributed by atoms with van der Waals surface area (Å²) in [5, 5.41) is 4.05. The van der Waals surface area contributed by atoms with Crippen LogP contribution in [0.1, 0.15) is 25.7 Å². The average Bonchev–Trinajstić information content (AvgIpc) is 2.60. The van der Waals surface area contributed by atoms with Crippen LogP contribution in [0.5, 0.6) is 5.75 Å². The molecule has 0 saturated heterocycles. The van der Waals surface area contributed by atoms with Crippen molar-refractivity contribution in [3.63, 3.8) is 0 Å². The van der Waals surface area contributed by atoms with E-state index in [9.17, 15) is 4.79 Å². The number of ether oxygens (including phenoxy) is 1. The molecule has 128 valence electrons. The molecule has 0 unspecified atom stereocenters. The number of hydrogen-bond acceptors (Lipinski definition) is 6. The van der Waals surface area contributed by atoms with Crippen molar-refractivity contribution in [1.29, 1.82) is 0 Å². The number of methoxy groups -OCH3 is 1. The predicted molar refractivity (Wildman–Crippen MR) is 93.6 cm³/mol. The molecule has 7 heteroatoms. The number of amides is 1. The summed E-state index contributed by atoms with van der Waals surface area (Å²) in [4.78, 5) is 20.0. The normalized spacial score (nSPS) is 20.7. The van der Waals surface area contributed by atoms with E-state index >= 15 is 0 Å². The minimum absolute atomic E-state index is 0.0313. The first-order valence-electron chi connectivity index (χ1n) is 8.21. The Morgan fingerprint density at radius 1 is 1.29 bits per heavy atom. The number of carbonyl (C=O) groups excluding carboxylic acids is 1. The molecular formula is C17H23N5O2. The smallest absolute Gasteiger partial charge is 0.225 e. The van der Waals surface area contributed by atoms with E-state index in [0.717, 1.165) is 48.9 Å². The van der Waals surface area contributed by atoms with Crippen LogP contribution in [0.2, 0.25) is 0 Å². The first-order chi connectivity index (χ1) is 11.6. The van der Waals surface area contributed by atoms with Crippen LogP contribution in [0.25, 0.3) is 10.9 Å². The minimum Gasteiger partial charge on any atom is -0.497 e. The fourth-order valence-corrected chi connectivity index (χ4v) is 3.22. The summed E-state index contributed by atoms with van der Waals surface area (Å²) in [5.74, 6) is 2.04. The van der Waals surface area contributed by atoms with Gasteiger partial charge >= 0.3 is 0 Å². The molecule has 24 heavy (non-hydrogen) atoms. The molecule has 1 heterocycles. The van der Waals surface area contributed by atoms with Gasteiger partial charge in [-0.15, -0.1) is 0 Å². The van der Waals surface area contributed by atoms with Crippen LogP contribution >= 0.6 is 0 Å². The van der Waals surface area contributed by atoms with Crippen molar-refractivity contribution >= 4 is 28.6 Å². The summed E-state index contributed by atoms with van der Waals surface area (Å²) in [5.41, 5.74) is 12.2. The van der Waals surface area contributed by atoms with Crippen LogP contribution in [-0.2, 0) is 4.79 Å². The van der Waals surface area contributed by atoms with E-state index in [4.69, 9.17) is 16.2 Å². The Balaban J connectivity index is 1.65. The molecule has 1 aliphatic rings. The maximum absolute atomic E-state index is 11.2. The molecule has 1 fully saturated rings. The molecule has 7 nitrogen and oxygen atoms in total. The van der Waals surface area contributed by atoms with Crippen LogP contribution in [-0.4, -0.2) is 29.5 Å². The Hall–Kier alpha value is -2.57. The zero-order valence-corrected chi connectivity index (χ0v) is 13.8. The average molecular weight is 329 g/mol. The second-order valence-electron chi connectivity index (χ2n) is 6.32. The van der Waals surface area contributed by atoms with Gasteiger partial charge in [-0.05, 0) is 49.8 Å². The highest BCUT2D eigenvalue weighted by Crippen LogP contribution is 2.29. The van der Waals surface area contributed by atoms with Crippen LogP contribution in [0.15, 0.2) is 18.2 Å². The second kappa shape index (κ2) is 6.90. The Bertz CT molecular complexity index is 741. The number of rotatable bonds is 5. The van der Waals surface area contributed by atoms with Crippen molar-refractivity contribution in [2.75, 3.05) is 24.7 Å². The summed E-state index contributed by atoms with van der Waals surface area (Å²) in [6, 6.07) is 5.55. The van der Waals surface area contributed by atoms with Gasteiger partial charge in [-0.3, -0.25) is 4.79 Å². The van der Waals surface area contributed by atoms with E-state index in [0.29, 0.717) is 17.7 Å². The largest absolute Gasteiger partial charge is 0.497 e. The number of carbonyl (C=O) groups is 1. The molecule has 1 amide bonds. The zero-order chi connectivity index (χ0) is 17.1. The lowest BCUT2D eigenvalue weighted by Crippen LogP contribution is -2.29. The third kappa shape index (κ3) is 3.50. The number of nitrogens with zero attached hydrogens (tertiary/aromatic N) is 2. The van der Waals surface area contributed by atoms with Gasteiger partial charge in [0.25, 0.3) is 0 Å². The molecule has 0 bridgehead atoms. The molecule has 0 aliphatic heterocycles. The number of nitrogens with one attached hydrogen (secondary N) is 1. The number of nitrogen functional groups attached to an aromatic ring is 1. The van der Waals surface area contributed by atoms with Gasteiger partial charge < -0.3 is 21.5 Å². The van der Waals surface area contributed by atoms with Crippen LogP contribution in [0.4, 0.5) is 11.8 Å². The van der Waals surface area contributed by atoms with Crippen LogP contribution in [0.3, 0.4) is 0 Å². The van der Waals surface area contributed by atoms with Gasteiger partial charge in [0.15, 0.2) is 0 Å². The summed E-state index contributed by atoms with van der Waals surface area (Å²) in [6.07, 6.45) is 3.70. The summed E-state index contributed by atoms with van der Waals surface area (Å²) >= 11 is 0. The Morgan fingerprint density at radius 2 is 2.04 bits per heavy atom. The van der Waals surface area contributed by atoms with Crippen molar-refractivity contribution in [1.82, 2.24) is 9.97 Å². The minimum atomic E-state index is -0.178. The first-order valence-corrected chi connectivity index (χ1v) is 8.21. The molecule has 3 rings (SSSR count). The van der Waals surface area contributed by atoms with Gasteiger partial charge in [0.2, 0.25) is 11.9 Å². The number of aromatic nitrogens is 2. The van der Waals surface area contributed by atoms with E-state index in [2.05, 4.69) is 15.3 Å². The lowest BCUT2D eigenvalue weighted by Gasteiger charge is -2.26. The van der Waals surface area contributed by atoms with Gasteiger partial charge in [0.1, 0.15) is 11.6 Å². The van der Waals surface area contributed by atoms with Gasteiger partial charge in [-0.25, -0.2) is 4.98 Å². The predicted octanol–water partition coefficient (Wildman–Crippen LogP) is 1.92. The van der Waals surface area contributed by atoms with Gasteiger partial charge in [0.05, 0.1) is 12.6 Å². The van der Waals surface area contributed by atoms with Crippen molar-refractivity contribution in [3.8, 4) is 5.75 Å². The SMILES string of the molecule is COc1ccc2nc(NCC3CCC(C(N)=O)CC3)nc(N)c2c1. The van der Waals surface area contributed by atoms with Crippen molar-refractivity contribution in [2.24, 2.45) is 17.6 Å². The number of hydrogen-bond donors (Lipinski definition) is 3. The highest BCUT2D eigenvalue weighted by Gasteiger charge is 2.24. The van der Waals surface area contributed by atoms with Crippen LogP contribution < -0.4 is 21.5 Å². The lowest BCUT2D eigenvalue weighted by atomic mass is 9.82.